The third-order valence-electron chi connectivity index (χ3n) is 6.26. The standard InChI is InChI=1S/C26H23N5O2/c1-16(2)22-23(29-24-19(14-27)15-28-31(24)26(22)33)18-9-6-10-20(13-18)30-12-11-21(25(30)32)17-7-4-3-5-8-17/h3-10,13,15-16,21,29H,11-12H2,1-2H3. The molecule has 2 aromatic heterocycles. The van der Waals surface area contributed by atoms with E-state index in [4.69, 9.17) is 0 Å². The maximum absolute atomic E-state index is 13.2. The molecule has 1 aliphatic heterocycles. The maximum Gasteiger partial charge on any atom is 0.278 e. The SMILES string of the molecule is CC(C)c1c(-c2cccc(N3CCC(c4ccccc4)C3=O)c2)[nH]c2c(C#N)cnn2c1=O. The molecule has 164 valence electrons. The quantitative estimate of drug-likeness (QED) is 0.518. The summed E-state index contributed by atoms with van der Waals surface area (Å²) in [4.78, 5) is 31.5. The molecule has 1 atom stereocenters. The number of carbonyl (C=O) groups excluding carboxylic acids is 1. The first-order valence-corrected chi connectivity index (χ1v) is 11.0. The Morgan fingerprint density at radius 3 is 2.64 bits per heavy atom. The zero-order valence-corrected chi connectivity index (χ0v) is 18.4. The van der Waals surface area contributed by atoms with Crippen molar-refractivity contribution in [1.82, 2.24) is 14.6 Å². The first-order valence-electron chi connectivity index (χ1n) is 11.0. The molecule has 5 rings (SSSR count). The van der Waals surface area contributed by atoms with E-state index in [1.165, 1.54) is 10.7 Å². The number of rotatable bonds is 4. The summed E-state index contributed by atoms with van der Waals surface area (Å²) in [5.41, 5.74) is 4.27. The van der Waals surface area contributed by atoms with Crippen molar-refractivity contribution in [3.63, 3.8) is 0 Å². The van der Waals surface area contributed by atoms with Crippen LogP contribution in [0.3, 0.4) is 0 Å². The van der Waals surface area contributed by atoms with E-state index < -0.39 is 0 Å². The Balaban J connectivity index is 1.59. The molecule has 4 aromatic rings. The highest BCUT2D eigenvalue weighted by molar-refractivity contribution is 6.00. The van der Waals surface area contributed by atoms with Crippen LogP contribution in [0.5, 0.6) is 0 Å². The van der Waals surface area contributed by atoms with Crippen LogP contribution in [0.4, 0.5) is 5.69 Å². The molecular formula is C26H23N5O2. The van der Waals surface area contributed by atoms with Crippen LogP contribution in [0.15, 0.2) is 65.6 Å². The van der Waals surface area contributed by atoms with Gasteiger partial charge in [0, 0.05) is 23.4 Å². The van der Waals surface area contributed by atoms with Gasteiger partial charge in [-0.1, -0.05) is 56.3 Å². The lowest BCUT2D eigenvalue weighted by molar-refractivity contribution is -0.118. The van der Waals surface area contributed by atoms with Gasteiger partial charge in [-0.2, -0.15) is 14.9 Å². The Labute approximate surface area is 190 Å². The summed E-state index contributed by atoms with van der Waals surface area (Å²) in [6, 6.07) is 19.6. The van der Waals surface area contributed by atoms with Crippen molar-refractivity contribution in [3.8, 4) is 17.3 Å². The summed E-state index contributed by atoms with van der Waals surface area (Å²) in [5, 5.41) is 13.5. The number of aromatic amines is 1. The highest BCUT2D eigenvalue weighted by Crippen LogP contribution is 2.34. The molecule has 7 heteroatoms. The number of nitriles is 1. The first kappa shape index (κ1) is 20.7. The molecule has 1 aliphatic rings. The zero-order valence-electron chi connectivity index (χ0n) is 18.4. The van der Waals surface area contributed by atoms with Gasteiger partial charge in [0.1, 0.15) is 11.6 Å². The van der Waals surface area contributed by atoms with E-state index in [1.807, 2.05) is 73.3 Å². The predicted molar refractivity (Wildman–Crippen MR) is 126 cm³/mol. The van der Waals surface area contributed by atoms with Crippen molar-refractivity contribution in [2.75, 3.05) is 11.4 Å². The molecule has 0 saturated carbocycles. The van der Waals surface area contributed by atoms with E-state index in [1.54, 1.807) is 0 Å². The van der Waals surface area contributed by atoms with Crippen LogP contribution in [0.2, 0.25) is 0 Å². The Hall–Kier alpha value is -4.18. The Morgan fingerprint density at radius 2 is 1.91 bits per heavy atom. The van der Waals surface area contributed by atoms with E-state index in [2.05, 4.69) is 16.2 Å². The molecule has 0 radical (unpaired) electrons. The molecular weight excluding hydrogens is 414 g/mol. The van der Waals surface area contributed by atoms with Gasteiger partial charge >= 0.3 is 0 Å². The molecule has 1 amide bonds. The van der Waals surface area contributed by atoms with Gasteiger partial charge in [-0.15, -0.1) is 0 Å². The Morgan fingerprint density at radius 1 is 1.12 bits per heavy atom. The lowest BCUT2D eigenvalue weighted by Gasteiger charge is -2.19. The fourth-order valence-electron chi connectivity index (χ4n) is 4.63. The van der Waals surface area contributed by atoms with Gasteiger partial charge in [0.15, 0.2) is 5.65 Å². The molecule has 0 aliphatic carbocycles. The molecule has 1 saturated heterocycles. The van der Waals surface area contributed by atoms with Crippen LogP contribution in [-0.4, -0.2) is 27.0 Å². The topological polar surface area (TPSA) is 94.3 Å². The number of benzene rings is 2. The third kappa shape index (κ3) is 3.40. The molecule has 1 fully saturated rings. The number of H-pyrrole nitrogens is 1. The van der Waals surface area contributed by atoms with E-state index in [9.17, 15) is 14.9 Å². The maximum atomic E-state index is 13.2. The molecule has 0 bridgehead atoms. The summed E-state index contributed by atoms with van der Waals surface area (Å²) >= 11 is 0. The fraction of sp³-hybridized carbons (Fsp3) is 0.231. The van der Waals surface area contributed by atoms with Crippen LogP contribution in [0.25, 0.3) is 16.9 Å². The monoisotopic (exact) mass is 437 g/mol. The number of fused-ring (bicyclic) bond motifs is 1. The van der Waals surface area contributed by atoms with Crippen molar-refractivity contribution in [2.45, 2.75) is 32.1 Å². The summed E-state index contributed by atoms with van der Waals surface area (Å²) in [6.45, 7) is 4.54. The molecule has 3 heterocycles. The number of aromatic nitrogens is 3. The summed E-state index contributed by atoms with van der Waals surface area (Å²) in [6.07, 6.45) is 2.15. The third-order valence-corrected chi connectivity index (χ3v) is 6.26. The average molecular weight is 438 g/mol. The second kappa shape index (κ2) is 8.06. The first-order chi connectivity index (χ1) is 16.0. The fourth-order valence-corrected chi connectivity index (χ4v) is 4.63. The van der Waals surface area contributed by atoms with Crippen molar-refractivity contribution < 1.29 is 4.79 Å². The van der Waals surface area contributed by atoms with Crippen LogP contribution >= 0.6 is 0 Å². The molecule has 1 unspecified atom stereocenters. The largest absolute Gasteiger partial charge is 0.338 e. The van der Waals surface area contributed by atoms with Gasteiger partial charge in [0.05, 0.1) is 17.8 Å². The number of nitrogens with zero attached hydrogens (tertiary/aromatic N) is 4. The highest BCUT2D eigenvalue weighted by Gasteiger charge is 2.33. The molecule has 0 spiro atoms. The minimum atomic E-state index is -0.248. The average Bonchev–Trinajstić information content (AvgIpc) is 3.42. The second-order valence-corrected chi connectivity index (χ2v) is 8.60. The number of anilines is 1. The molecule has 33 heavy (non-hydrogen) atoms. The van der Waals surface area contributed by atoms with Gasteiger partial charge in [-0.25, -0.2) is 0 Å². The van der Waals surface area contributed by atoms with E-state index >= 15 is 0 Å². The molecule has 1 N–H and O–H groups in total. The van der Waals surface area contributed by atoms with Gasteiger partial charge in [0.25, 0.3) is 5.56 Å². The van der Waals surface area contributed by atoms with Crippen LogP contribution < -0.4 is 10.5 Å². The normalized spacial score (nSPS) is 16.0. The Kier molecular flexibility index (Phi) is 5.06. The summed E-state index contributed by atoms with van der Waals surface area (Å²) < 4.78 is 1.25. The van der Waals surface area contributed by atoms with Gasteiger partial charge in [-0.05, 0) is 30.0 Å². The van der Waals surface area contributed by atoms with E-state index in [0.29, 0.717) is 29.0 Å². The van der Waals surface area contributed by atoms with Crippen molar-refractivity contribution in [2.24, 2.45) is 0 Å². The number of amides is 1. The predicted octanol–water partition coefficient (Wildman–Crippen LogP) is 4.21. The lowest BCUT2D eigenvalue weighted by Crippen LogP contribution is -2.26. The van der Waals surface area contributed by atoms with Crippen molar-refractivity contribution >= 4 is 17.2 Å². The van der Waals surface area contributed by atoms with Crippen molar-refractivity contribution in [3.05, 3.63) is 87.8 Å². The van der Waals surface area contributed by atoms with Crippen LogP contribution in [0, 0.1) is 11.3 Å². The number of hydrogen-bond acceptors (Lipinski definition) is 4. The van der Waals surface area contributed by atoms with Gasteiger partial charge in [-0.3, -0.25) is 9.59 Å². The lowest BCUT2D eigenvalue weighted by atomic mass is 9.97. The van der Waals surface area contributed by atoms with E-state index in [0.717, 1.165) is 23.2 Å². The van der Waals surface area contributed by atoms with Crippen LogP contribution in [0.1, 0.15) is 48.8 Å². The minimum absolute atomic E-state index is 0.0672. The summed E-state index contributed by atoms with van der Waals surface area (Å²) in [5.74, 6) is -0.140. The van der Waals surface area contributed by atoms with Crippen LogP contribution in [-0.2, 0) is 4.79 Å². The number of carbonyl (C=O) groups is 1. The second-order valence-electron chi connectivity index (χ2n) is 8.60. The van der Waals surface area contributed by atoms with Gasteiger partial charge in [0.2, 0.25) is 5.91 Å². The minimum Gasteiger partial charge on any atom is -0.338 e. The van der Waals surface area contributed by atoms with Crippen molar-refractivity contribution in [1.29, 1.82) is 5.26 Å². The van der Waals surface area contributed by atoms with E-state index in [-0.39, 0.29) is 23.3 Å². The smallest absolute Gasteiger partial charge is 0.278 e. The number of nitrogens with one attached hydrogen (secondary N) is 1. The zero-order chi connectivity index (χ0) is 23.1. The highest BCUT2D eigenvalue weighted by atomic mass is 16.2. The van der Waals surface area contributed by atoms with Gasteiger partial charge < -0.3 is 9.88 Å². The molecule has 7 nitrogen and oxygen atoms in total. The Bertz CT molecular complexity index is 1460. The number of hydrogen-bond donors (Lipinski definition) is 1. The summed E-state index contributed by atoms with van der Waals surface area (Å²) in [7, 11) is 0. The molecule has 2 aromatic carbocycles.